The number of amides is 1. The fraction of sp³-hybridized carbons (Fsp3) is 0.263. The van der Waals surface area contributed by atoms with Crippen LogP contribution in [0.1, 0.15) is 35.1 Å². The molecule has 0 saturated carbocycles. The first-order chi connectivity index (χ1) is 12.8. The molecule has 0 radical (unpaired) electrons. The van der Waals surface area contributed by atoms with Crippen molar-refractivity contribution in [2.45, 2.75) is 18.9 Å². The maximum absolute atomic E-state index is 12.8. The molecule has 0 N–H and O–H groups in total. The maximum Gasteiger partial charge on any atom is 0.254 e. The normalized spacial score (nSPS) is 16.7. The Kier molecular flexibility index (Phi) is 4.35. The van der Waals surface area contributed by atoms with Crippen molar-refractivity contribution < 1.29 is 14.1 Å². The van der Waals surface area contributed by atoms with Crippen LogP contribution in [-0.2, 0) is 0 Å². The van der Waals surface area contributed by atoms with Crippen LogP contribution >= 0.6 is 0 Å². The topological polar surface area (TPSA) is 81.4 Å². The highest BCUT2D eigenvalue weighted by Gasteiger charge is 2.34. The summed E-state index contributed by atoms with van der Waals surface area (Å²) in [4.78, 5) is 23.0. The highest BCUT2D eigenvalue weighted by molar-refractivity contribution is 5.94. The van der Waals surface area contributed by atoms with E-state index >= 15 is 0 Å². The number of hydrogen-bond donors (Lipinski definition) is 0. The van der Waals surface area contributed by atoms with Crippen LogP contribution < -0.4 is 4.74 Å². The third kappa shape index (κ3) is 3.03. The van der Waals surface area contributed by atoms with Gasteiger partial charge in [0.1, 0.15) is 11.8 Å². The van der Waals surface area contributed by atoms with E-state index in [0.29, 0.717) is 23.8 Å². The lowest BCUT2D eigenvalue weighted by Crippen LogP contribution is -2.30. The van der Waals surface area contributed by atoms with Crippen LogP contribution in [0.25, 0.3) is 11.4 Å². The molecular weight excluding hydrogens is 332 g/mol. The molecule has 1 aliphatic heterocycles. The average Bonchev–Trinajstić information content (AvgIpc) is 3.37. The molecule has 3 heterocycles. The van der Waals surface area contributed by atoms with E-state index in [4.69, 9.17) is 9.26 Å². The van der Waals surface area contributed by atoms with E-state index < -0.39 is 0 Å². The van der Waals surface area contributed by atoms with E-state index in [2.05, 4.69) is 15.1 Å². The second-order valence-corrected chi connectivity index (χ2v) is 6.08. The molecule has 1 aromatic carbocycles. The van der Waals surface area contributed by atoms with Crippen molar-refractivity contribution in [1.29, 1.82) is 0 Å². The Bertz CT molecular complexity index is 893. The molecule has 1 atom stereocenters. The standard InChI is InChI=1S/C19H18N4O3/c1-25-15-6-4-13(5-7-15)17-21-18(26-22-17)16-3-2-12-23(16)19(24)14-8-10-20-11-9-14/h4-11,16H,2-3,12H2,1H3. The van der Waals surface area contributed by atoms with Crippen molar-refractivity contribution in [2.75, 3.05) is 13.7 Å². The molecular formula is C19H18N4O3. The molecule has 26 heavy (non-hydrogen) atoms. The number of hydrogen-bond acceptors (Lipinski definition) is 6. The molecule has 1 aliphatic rings. The highest BCUT2D eigenvalue weighted by Crippen LogP contribution is 2.33. The summed E-state index contributed by atoms with van der Waals surface area (Å²) in [5, 5.41) is 4.08. The van der Waals surface area contributed by atoms with Crippen LogP contribution in [0.3, 0.4) is 0 Å². The van der Waals surface area contributed by atoms with Gasteiger partial charge in [0.25, 0.3) is 5.91 Å². The third-order valence-electron chi connectivity index (χ3n) is 4.52. The Morgan fingerprint density at radius 2 is 1.96 bits per heavy atom. The summed E-state index contributed by atoms with van der Waals surface area (Å²) in [5.74, 6) is 1.70. The second-order valence-electron chi connectivity index (χ2n) is 6.08. The molecule has 1 unspecified atom stereocenters. The van der Waals surface area contributed by atoms with Gasteiger partial charge in [-0.15, -0.1) is 0 Å². The van der Waals surface area contributed by atoms with Gasteiger partial charge in [0, 0.05) is 30.1 Å². The molecule has 1 saturated heterocycles. The molecule has 1 fully saturated rings. The van der Waals surface area contributed by atoms with Crippen LogP contribution in [0, 0.1) is 0 Å². The third-order valence-corrected chi connectivity index (χ3v) is 4.52. The number of pyridine rings is 1. The molecule has 2 aromatic heterocycles. The van der Waals surface area contributed by atoms with Gasteiger partial charge in [-0.3, -0.25) is 9.78 Å². The lowest BCUT2D eigenvalue weighted by molar-refractivity contribution is 0.0710. The number of aromatic nitrogens is 3. The Hall–Kier alpha value is -3.22. The molecule has 0 spiro atoms. The van der Waals surface area contributed by atoms with Crippen molar-refractivity contribution in [1.82, 2.24) is 20.0 Å². The van der Waals surface area contributed by atoms with Crippen LogP contribution in [0.5, 0.6) is 5.75 Å². The quantitative estimate of drug-likeness (QED) is 0.719. The summed E-state index contributed by atoms with van der Waals surface area (Å²) in [6.07, 6.45) is 4.95. The van der Waals surface area contributed by atoms with Crippen LogP contribution in [-0.4, -0.2) is 39.6 Å². The predicted octanol–water partition coefficient (Wildman–Crippen LogP) is 3.12. The molecule has 3 aromatic rings. The largest absolute Gasteiger partial charge is 0.497 e. The summed E-state index contributed by atoms with van der Waals surface area (Å²) in [5.41, 5.74) is 1.45. The summed E-state index contributed by atoms with van der Waals surface area (Å²) >= 11 is 0. The van der Waals surface area contributed by atoms with E-state index in [0.717, 1.165) is 24.2 Å². The number of nitrogens with zero attached hydrogens (tertiary/aromatic N) is 4. The molecule has 0 bridgehead atoms. The van der Waals surface area contributed by atoms with E-state index in [-0.39, 0.29) is 11.9 Å². The zero-order valence-electron chi connectivity index (χ0n) is 14.3. The van der Waals surface area contributed by atoms with Crippen molar-refractivity contribution in [3.63, 3.8) is 0 Å². The molecule has 7 heteroatoms. The van der Waals surface area contributed by atoms with Gasteiger partial charge in [0.05, 0.1) is 7.11 Å². The minimum atomic E-state index is -0.199. The van der Waals surface area contributed by atoms with E-state index in [1.807, 2.05) is 24.3 Å². The monoisotopic (exact) mass is 350 g/mol. The fourth-order valence-electron chi connectivity index (χ4n) is 3.15. The first-order valence-corrected chi connectivity index (χ1v) is 8.45. The van der Waals surface area contributed by atoms with Gasteiger partial charge in [-0.25, -0.2) is 0 Å². The maximum atomic E-state index is 12.8. The lowest BCUT2D eigenvalue weighted by Gasteiger charge is -2.21. The summed E-state index contributed by atoms with van der Waals surface area (Å²) in [6, 6.07) is 10.7. The minimum absolute atomic E-state index is 0.0425. The second kappa shape index (κ2) is 6.95. The summed E-state index contributed by atoms with van der Waals surface area (Å²) < 4.78 is 10.6. The molecule has 132 valence electrons. The van der Waals surface area contributed by atoms with E-state index in [9.17, 15) is 4.79 Å². The average molecular weight is 350 g/mol. The van der Waals surface area contributed by atoms with Gasteiger partial charge in [0.15, 0.2) is 0 Å². The Morgan fingerprint density at radius 3 is 2.69 bits per heavy atom. The number of ether oxygens (including phenoxy) is 1. The molecule has 1 amide bonds. The number of carbonyl (C=O) groups excluding carboxylic acids is 1. The number of likely N-dealkylation sites (tertiary alicyclic amines) is 1. The van der Waals surface area contributed by atoms with Gasteiger partial charge in [-0.1, -0.05) is 5.16 Å². The zero-order chi connectivity index (χ0) is 17.9. The Labute approximate surface area is 150 Å². The highest BCUT2D eigenvalue weighted by atomic mass is 16.5. The van der Waals surface area contributed by atoms with Crippen LogP contribution in [0.15, 0.2) is 53.3 Å². The molecule has 7 nitrogen and oxygen atoms in total. The van der Waals surface area contributed by atoms with Gasteiger partial charge < -0.3 is 14.2 Å². The predicted molar refractivity (Wildman–Crippen MR) is 93.5 cm³/mol. The first kappa shape index (κ1) is 16.3. The molecule has 0 aliphatic carbocycles. The zero-order valence-corrected chi connectivity index (χ0v) is 14.3. The minimum Gasteiger partial charge on any atom is -0.497 e. The van der Waals surface area contributed by atoms with Crippen molar-refractivity contribution in [3.8, 4) is 17.1 Å². The van der Waals surface area contributed by atoms with Crippen molar-refractivity contribution >= 4 is 5.91 Å². The van der Waals surface area contributed by atoms with Gasteiger partial charge in [0.2, 0.25) is 11.7 Å². The Morgan fingerprint density at radius 1 is 1.19 bits per heavy atom. The first-order valence-electron chi connectivity index (χ1n) is 8.45. The van der Waals surface area contributed by atoms with E-state index in [1.165, 1.54) is 0 Å². The van der Waals surface area contributed by atoms with Crippen molar-refractivity contribution in [2.24, 2.45) is 0 Å². The molecule has 4 rings (SSSR count). The number of carbonyl (C=O) groups is 1. The van der Waals surface area contributed by atoms with Gasteiger partial charge >= 0.3 is 0 Å². The number of rotatable bonds is 4. The fourth-order valence-corrected chi connectivity index (χ4v) is 3.15. The van der Waals surface area contributed by atoms with Crippen LogP contribution in [0.4, 0.5) is 0 Å². The van der Waals surface area contributed by atoms with E-state index in [1.54, 1.807) is 36.5 Å². The Balaban J connectivity index is 1.57. The number of methoxy groups -OCH3 is 1. The van der Waals surface area contributed by atoms with Gasteiger partial charge in [-0.2, -0.15) is 4.98 Å². The number of benzene rings is 1. The van der Waals surface area contributed by atoms with Gasteiger partial charge in [-0.05, 0) is 49.2 Å². The van der Waals surface area contributed by atoms with Crippen LogP contribution in [0.2, 0.25) is 0 Å². The summed E-state index contributed by atoms with van der Waals surface area (Å²) in [7, 11) is 1.62. The smallest absolute Gasteiger partial charge is 0.254 e. The summed E-state index contributed by atoms with van der Waals surface area (Å²) in [6.45, 7) is 0.673. The SMILES string of the molecule is COc1ccc(-c2noc(C3CCCN3C(=O)c3ccncc3)n2)cc1. The lowest BCUT2D eigenvalue weighted by atomic mass is 10.2. The van der Waals surface area contributed by atoms with Crippen molar-refractivity contribution in [3.05, 3.63) is 60.2 Å².